The smallest absolute Gasteiger partial charge is 0.321 e. The van der Waals surface area contributed by atoms with Crippen molar-refractivity contribution in [2.24, 2.45) is 0 Å². The van der Waals surface area contributed by atoms with Crippen molar-refractivity contribution in [1.29, 1.82) is 0 Å². The van der Waals surface area contributed by atoms with Crippen molar-refractivity contribution in [3.63, 3.8) is 0 Å². The lowest BCUT2D eigenvalue weighted by Crippen LogP contribution is -2.50. The summed E-state index contributed by atoms with van der Waals surface area (Å²) in [4.78, 5) is 16.8. The third-order valence-corrected chi connectivity index (χ3v) is 4.96. The maximum atomic E-state index is 12.6. The monoisotopic (exact) mass is 337 g/mol. The highest BCUT2D eigenvalue weighted by molar-refractivity contribution is 5.89. The summed E-state index contributed by atoms with van der Waals surface area (Å²) in [6.07, 6.45) is 0. The second-order valence-electron chi connectivity index (χ2n) is 7.00. The van der Waals surface area contributed by atoms with Gasteiger partial charge in [0.2, 0.25) is 0 Å². The van der Waals surface area contributed by atoms with Gasteiger partial charge in [0.15, 0.2) is 0 Å². The minimum Gasteiger partial charge on any atom is -0.368 e. The summed E-state index contributed by atoms with van der Waals surface area (Å²) in [5.41, 5.74) is 7.13. The van der Waals surface area contributed by atoms with Crippen LogP contribution in [-0.2, 0) is 0 Å². The van der Waals surface area contributed by atoms with Crippen LogP contribution in [0.3, 0.4) is 0 Å². The summed E-state index contributed by atoms with van der Waals surface area (Å²) in [5.74, 6) is 0. The van der Waals surface area contributed by atoms with Gasteiger partial charge >= 0.3 is 6.03 Å². The molecule has 0 bridgehead atoms. The molecule has 2 aromatic carbocycles. The zero-order valence-electron chi connectivity index (χ0n) is 15.6. The summed E-state index contributed by atoms with van der Waals surface area (Å²) in [7, 11) is 0. The van der Waals surface area contributed by atoms with E-state index in [1.165, 1.54) is 16.8 Å². The van der Waals surface area contributed by atoms with E-state index in [-0.39, 0.29) is 6.03 Å². The number of carbonyl (C=O) groups is 1. The van der Waals surface area contributed by atoms with Crippen molar-refractivity contribution in [2.45, 2.75) is 27.7 Å². The average Bonchev–Trinajstić information content (AvgIpc) is 2.56. The summed E-state index contributed by atoms with van der Waals surface area (Å²) >= 11 is 0. The second kappa shape index (κ2) is 7.18. The predicted octanol–water partition coefficient (Wildman–Crippen LogP) is 4.27. The Labute approximate surface area is 150 Å². The van der Waals surface area contributed by atoms with Gasteiger partial charge in [-0.2, -0.15) is 0 Å². The molecule has 0 aromatic heterocycles. The van der Waals surface area contributed by atoms with E-state index >= 15 is 0 Å². The van der Waals surface area contributed by atoms with E-state index in [1.54, 1.807) is 0 Å². The molecule has 1 saturated heterocycles. The largest absolute Gasteiger partial charge is 0.368 e. The van der Waals surface area contributed by atoms with E-state index in [9.17, 15) is 4.79 Å². The molecule has 0 aliphatic carbocycles. The lowest BCUT2D eigenvalue weighted by Gasteiger charge is -2.37. The number of aryl methyl sites for hydroxylation is 3. The van der Waals surface area contributed by atoms with Crippen LogP contribution in [0.2, 0.25) is 0 Å². The first kappa shape index (κ1) is 17.3. The highest BCUT2D eigenvalue weighted by atomic mass is 16.2. The number of anilines is 2. The van der Waals surface area contributed by atoms with Gasteiger partial charge in [0.1, 0.15) is 0 Å². The second-order valence-corrected chi connectivity index (χ2v) is 7.00. The number of rotatable bonds is 2. The van der Waals surface area contributed by atoms with Crippen LogP contribution in [0.25, 0.3) is 0 Å². The molecule has 132 valence electrons. The van der Waals surface area contributed by atoms with Crippen molar-refractivity contribution in [2.75, 3.05) is 36.4 Å². The van der Waals surface area contributed by atoms with Crippen LogP contribution in [0.5, 0.6) is 0 Å². The molecule has 1 N–H and O–H groups in total. The molecule has 4 heteroatoms. The van der Waals surface area contributed by atoms with Gasteiger partial charge in [0.05, 0.1) is 0 Å². The van der Waals surface area contributed by atoms with Crippen molar-refractivity contribution in [3.8, 4) is 0 Å². The third-order valence-electron chi connectivity index (χ3n) is 4.96. The van der Waals surface area contributed by atoms with Crippen LogP contribution in [-0.4, -0.2) is 37.1 Å². The zero-order chi connectivity index (χ0) is 18.0. The van der Waals surface area contributed by atoms with Crippen molar-refractivity contribution >= 4 is 17.4 Å². The maximum Gasteiger partial charge on any atom is 0.321 e. The minimum absolute atomic E-state index is 0.00869. The Balaban J connectivity index is 1.62. The first-order valence-electron chi connectivity index (χ1n) is 8.89. The van der Waals surface area contributed by atoms with E-state index in [1.807, 2.05) is 30.9 Å². The highest BCUT2D eigenvalue weighted by Crippen LogP contribution is 2.24. The predicted molar refractivity (Wildman–Crippen MR) is 105 cm³/mol. The maximum absolute atomic E-state index is 12.6. The topological polar surface area (TPSA) is 35.6 Å². The fraction of sp³-hybridized carbons (Fsp3) is 0.381. The Kier molecular flexibility index (Phi) is 4.98. The average molecular weight is 337 g/mol. The van der Waals surface area contributed by atoms with Gasteiger partial charge in [-0.05, 0) is 68.1 Å². The lowest BCUT2D eigenvalue weighted by atomic mass is 10.1. The molecule has 3 rings (SSSR count). The van der Waals surface area contributed by atoms with E-state index < -0.39 is 0 Å². The van der Waals surface area contributed by atoms with E-state index in [4.69, 9.17) is 0 Å². The quantitative estimate of drug-likeness (QED) is 0.888. The number of carbonyl (C=O) groups excluding carboxylic acids is 1. The summed E-state index contributed by atoms with van der Waals surface area (Å²) in [6, 6.07) is 12.6. The molecule has 1 heterocycles. The van der Waals surface area contributed by atoms with Gasteiger partial charge in [-0.15, -0.1) is 0 Å². The first-order valence-corrected chi connectivity index (χ1v) is 8.89. The number of hydrogen-bond donors (Lipinski definition) is 1. The highest BCUT2D eigenvalue weighted by Gasteiger charge is 2.22. The molecular weight excluding hydrogens is 310 g/mol. The van der Waals surface area contributed by atoms with E-state index in [0.29, 0.717) is 0 Å². The zero-order valence-corrected chi connectivity index (χ0v) is 15.6. The molecule has 2 amide bonds. The molecule has 0 unspecified atom stereocenters. The summed E-state index contributed by atoms with van der Waals surface area (Å²) < 4.78 is 0. The van der Waals surface area contributed by atoms with E-state index in [0.717, 1.165) is 43.0 Å². The molecule has 0 radical (unpaired) electrons. The van der Waals surface area contributed by atoms with Gasteiger partial charge < -0.3 is 15.1 Å². The molecule has 0 spiro atoms. The summed E-state index contributed by atoms with van der Waals surface area (Å²) in [6.45, 7) is 11.6. The van der Waals surface area contributed by atoms with Crippen LogP contribution in [0.4, 0.5) is 16.2 Å². The first-order chi connectivity index (χ1) is 11.9. The van der Waals surface area contributed by atoms with Crippen molar-refractivity contribution in [1.82, 2.24) is 4.90 Å². The molecule has 0 atom stereocenters. The van der Waals surface area contributed by atoms with Crippen LogP contribution in [0, 0.1) is 27.7 Å². The Hall–Kier alpha value is -2.49. The third kappa shape index (κ3) is 3.95. The van der Waals surface area contributed by atoms with Crippen LogP contribution < -0.4 is 10.2 Å². The number of amides is 2. The van der Waals surface area contributed by atoms with Gasteiger partial charge in [0, 0.05) is 37.6 Å². The molecule has 0 saturated carbocycles. The van der Waals surface area contributed by atoms with Crippen LogP contribution in [0.1, 0.15) is 22.3 Å². The fourth-order valence-corrected chi connectivity index (χ4v) is 3.48. The molecule has 1 aliphatic rings. The van der Waals surface area contributed by atoms with Gasteiger partial charge in [-0.3, -0.25) is 0 Å². The normalized spacial score (nSPS) is 14.6. The van der Waals surface area contributed by atoms with Crippen LogP contribution in [0.15, 0.2) is 36.4 Å². The molecular formula is C21H27N3O. The van der Waals surface area contributed by atoms with Crippen LogP contribution >= 0.6 is 0 Å². The Morgan fingerprint density at radius 3 is 2.20 bits per heavy atom. The van der Waals surface area contributed by atoms with Crippen molar-refractivity contribution < 1.29 is 4.79 Å². The molecule has 4 nitrogen and oxygen atoms in total. The molecule has 2 aromatic rings. The number of nitrogens with one attached hydrogen (secondary N) is 1. The molecule has 1 fully saturated rings. The fourth-order valence-electron chi connectivity index (χ4n) is 3.48. The number of urea groups is 1. The number of benzene rings is 2. The SMILES string of the molecule is Cc1cc(C)cc(NC(=O)N2CCN(c3cccc(C)c3C)CC2)c1. The Bertz CT molecular complexity index is 756. The Morgan fingerprint density at radius 2 is 1.56 bits per heavy atom. The summed E-state index contributed by atoms with van der Waals surface area (Å²) in [5, 5.41) is 3.04. The standard InChI is InChI=1S/C21H27N3O/c1-15-12-16(2)14-19(13-15)22-21(25)24-10-8-23(9-11-24)20-7-5-6-17(3)18(20)4/h5-7,12-14H,8-11H2,1-4H3,(H,22,25). The lowest BCUT2D eigenvalue weighted by molar-refractivity contribution is 0.208. The number of nitrogens with zero attached hydrogens (tertiary/aromatic N) is 2. The van der Waals surface area contributed by atoms with Gasteiger partial charge in [-0.25, -0.2) is 4.79 Å². The minimum atomic E-state index is -0.00869. The molecule has 25 heavy (non-hydrogen) atoms. The van der Waals surface area contributed by atoms with Crippen molar-refractivity contribution in [3.05, 3.63) is 58.7 Å². The Morgan fingerprint density at radius 1 is 0.920 bits per heavy atom. The van der Waals surface area contributed by atoms with E-state index in [2.05, 4.69) is 48.3 Å². The number of hydrogen-bond acceptors (Lipinski definition) is 2. The van der Waals surface area contributed by atoms with Gasteiger partial charge in [0.25, 0.3) is 0 Å². The molecule has 1 aliphatic heterocycles. The van der Waals surface area contributed by atoms with Gasteiger partial charge in [-0.1, -0.05) is 18.2 Å². The number of piperazine rings is 1.